The molecular formula is C13H16N2OS. The highest BCUT2D eigenvalue weighted by molar-refractivity contribution is 7.99. The quantitative estimate of drug-likeness (QED) is 0.881. The summed E-state index contributed by atoms with van der Waals surface area (Å²) in [6.07, 6.45) is 3.54. The van der Waals surface area contributed by atoms with Gasteiger partial charge in [0.2, 0.25) is 0 Å². The molecule has 90 valence electrons. The number of rotatable bonds is 5. The molecule has 0 aliphatic heterocycles. The molecule has 0 saturated heterocycles. The number of furan rings is 1. The minimum Gasteiger partial charge on any atom is -0.468 e. The highest BCUT2D eigenvalue weighted by Gasteiger charge is 2.08. The van der Waals surface area contributed by atoms with Gasteiger partial charge < -0.3 is 9.73 Å². The van der Waals surface area contributed by atoms with Gasteiger partial charge >= 0.3 is 0 Å². The number of aromatic nitrogens is 1. The molecule has 0 atom stereocenters. The van der Waals surface area contributed by atoms with Crippen LogP contribution < -0.4 is 5.32 Å². The molecule has 2 aromatic rings. The average Bonchev–Trinajstić information content (AvgIpc) is 2.74. The van der Waals surface area contributed by atoms with Crippen molar-refractivity contribution in [3.63, 3.8) is 0 Å². The lowest BCUT2D eigenvalue weighted by Crippen LogP contribution is -2.12. The molecule has 0 fully saturated rings. The minimum atomic E-state index is 0.851. The Balaban J connectivity index is 2.17. The second kappa shape index (κ2) is 5.89. The molecule has 0 bridgehead atoms. The third-order valence-electron chi connectivity index (χ3n) is 2.43. The van der Waals surface area contributed by atoms with E-state index in [0.717, 1.165) is 28.8 Å². The largest absolute Gasteiger partial charge is 0.468 e. The molecule has 3 nitrogen and oxygen atoms in total. The molecule has 4 heteroatoms. The molecule has 0 radical (unpaired) electrons. The van der Waals surface area contributed by atoms with E-state index in [1.54, 1.807) is 18.0 Å². The zero-order valence-electron chi connectivity index (χ0n) is 10.1. The molecule has 0 spiro atoms. The van der Waals surface area contributed by atoms with E-state index in [9.17, 15) is 0 Å². The molecule has 2 aromatic heterocycles. The monoisotopic (exact) mass is 248 g/mol. The highest BCUT2D eigenvalue weighted by Crippen LogP contribution is 2.31. The fourth-order valence-corrected chi connectivity index (χ4v) is 2.40. The summed E-state index contributed by atoms with van der Waals surface area (Å²) in [6.45, 7) is 5.88. The van der Waals surface area contributed by atoms with Gasteiger partial charge in [0.05, 0.1) is 11.2 Å². The van der Waals surface area contributed by atoms with Gasteiger partial charge in [-0.15, -0.1) is 0 Å². The van der Waals surface area contributed by atoms with E-state index in [0.29, 0.717) is 0 Å². The second-order valence-electron chi connectivity index (χ2n) is 3.69. The Morgan fingerprint density at radius 3 is 3.00 bits per heavy atom. The maximum atomic E-state index is 5.29. The van der Waals surface area contributed by atoms with Crippen molar-refractivity contribution < 1.29 is 4.42 Å². The summed E-state index contributed by atoms with van der Waals surface area (Å²) >= 11 is 1.65. The fourth-order valence-electron chi connectivity index (χ4n) is 1.49. The lowest BCUT2D eigenvalue weighted by Gasteiger charge is -2.07. The van der Waals surface area contributed by atoms with E-state index in [-0.39, 0.29) is 0 Å². The summed E-state index contributed by atoms with van der Waals surface area (Å²) < 4.78 is 5.29. The Morgan fingerprint density at radius 2 is 2.29 bits per heavy atom. The summed E-state index contributed by atoms with van der Waals surface area (Å²) in [5.41, 5.74) is 1.22. The van der Waals surface area contributed by atoms with Crippen molar-refractivity contribution in [2.24, 2.45) is 0 Å². The SMILES string of the molecule is CCNCc1cccnc1Sc1ccoc1C. The topological polar surface area (TPSA) is 38.1 Å². The lowest BCUT2D eigenvalue weighted by atomic mass is 10.3. The molecule has 0 aromatic carbocycles. The Kier molecular flexibility index (Phi) is 4.23. The number of pyridine rings is 1. The minimum absolute atomic E-state index is 0.851. The third-order valence-corrected chi connectivity index (χ3v) is 3.64. The predicted molar refractivity (Wildman–Crippen MR) is 69.2 cm³/mol. The molecule has 17 heavy (non-hydrogen) atoms. The number of hydrogen-bond donors (Lipinski definition) is 1. The van der Waals surface area contributed by atoms with E-state index in [4.69, 9.17) is 4.42 Å². The van der Waals surface area contributed by atoms with Gasteiger partial charge in [-0.05, 0) is 31.2 Å². The normalized spacial score (nSPS) is 10.7. The van der Waals surface area contributed by atoms with Gasteiger partial charge in [0, 0.05) is 12.7 Å². The van der Waals surface area contributed by atoms with Crippen molar-refractivity contribution >= 4 is 11.8 Å². The van der Waals surface area contributed by atoms with E-state index >= 15 is 0 Å². The Labute approximate surface area is 106 Å². The summed E-state index contributed by atoms with van der Waals surface area (Å²) in [5, 5.41) is 4.36. The van der Waals surface area contributed by atoms with Crippen LogP contribution >= 0.6 is 11.8 Å². The zero-order valence-corrected chi connectivity index (χ0v) is 10.9. The van der Waals surface area contributed by atoms with Crippen LogP contribution in [0.1, 0.15) is 18.2 Å². The predicted octanol–water partition coefficient (Wildman–Crippen LogP) is 3.24. The lowest BCUT2D eigenvalue weighted by molar-refractivity contribution is 0.527. The van der Waals surface area contributed by atoms with Crippen molar-refractivity contribution in [3.8, 4) is 0 Å². The Bertz CT molecular complexity index is 482. The molecule has 0 aliphatic carbocycles. The molecule has 0 aliphatic rings. The number of nitrogens with one attached hydrogen (secondary N) is 1. The van der Waals surface area contributed by atoms with Crippen molar-refractivity contribution in [2.75, 3.05) is 6.54 Å². The van der Waals surface area contributed by atoms with Gasteiger partial charge in [0.15, 0.2) is 0 Å². The maximum absolute atomic E-state index is 5.29. The van der Waals surface area contributed by atoms with Crippen LogP contribution in [0.4, 0.5) is 0 Å². The molecular weight excluding hydrogens is 232 g/mol. The van der Waals surface area contributed by atoms with Gasteiger partial charge in [-0.1, -0.05) is 24.8 Å². The van der Waals surface area contributed by atoms with Crippen molar-refractivity contribution in [3.05, 3.63) is 42.0 Å². The van der Waals surface area contributed by atoms with Gasteiger partial charge in [-0.2, -0.15) is 0 Å². The Morgan fingerprint density at radius 1 is 1.41 bits per heavy atom. The average molecular weight is 248 g/mol. The number of nitrogens with zero attached hydrogens (tertiary/aromatic N) is 1. The van der Waals surface area contributed by atoms with Crippen LogP contribution in [0.15, 0.2) is 45.0 Å². The van der Waals surface area contributed by atoms with E-state index in [1.165, 1.54) is 5.56 Å². The zero-order chi connectivity index (χ0) is 12.1. The number of hydrogen-bond acceptors (Lipinski definition) is 4. The van der Waals surface area contributed by atoms with Gasteiger partial charge in [0.1, 0.15) is 10.8 Å². The van der Waals surface area contributed by atoms with Gasteiger partial charge in [-0.25, -0.2) is 4.98 Å². The molecule has 0 saturated carbocycles. The molecule has 0 unspecified atom stereocenters. The molecule has 2 heterocycles. The highest BCUT2D eigenvalue weighted by atomic mass is 32.2. The van der Waals surface area contributed by atoms with Crippen LogP contribution in [-0.4, -0.2) is 11.5 Å². The first-order chi connectivity index (χ1) is 8.31. The third kappa shape index (κ3) is 3.11. The van der Waals surface area contributed by atoms with Crippen LogP contribution in [-0.2, 0) is 6.54 Å². The molecule has 1 N–H and O–H groups in total. The standard InChI is InChI=1S/C13H16N2OS/c1-3-14-9-11-5-4-7-15-13(11)17-12-6-8-16-10(12)2/h4-8,14H,3,9H2,1-2H3. The van der Waals surface area contributed by atoms with Crippen LogP contribution in [0.25, 0.3) is 0 Å². The summed E-state index contributed by atoms with van der Waals surface area (Å²) in [7, 11) is 0. The van der Waals surface area contributed by atoms with E-state index < -0.39 is 0 Å². The summed E-state index contributed by atoms with van der Waals surface area (Å²) in [5.74, 6) is 0.940. The van der Waals surface area contributed by atoms with Crippen LogP contribution in [0.3, 0.4) is 0 Å². The Hall–Kier alpha value is -1.26. The van der Waals surface area contributed by atoms with Crippen molar-refractivity contribution in [1.82, 2.24) is 10.3 Å². The summed E-state index contributed by atoms with van der Waals surface area (Å²) in [6, 6.07) is 6.05. The number of aryl methyl sites for hydroxylation is 1. The van der Waals surface area contributed by atoms with E-state index in [2.05, 4.69) is 23.3 Å². The van der Waals surface area contributed by atoms with E-state index in [1.807, 2.05) is 25.3 Å². The van der Waals surface area contributed by atoms with Crippen molar-refractivity contribution in [2.45, 2.75) is 30.3 Å². The smallest absolute Gasteiger partial charge is 0.114 e. The van der Waals surface area contributed by atoms with Crippen LogP contribution in [0, 0.1) is 6.92 Å². The summed E-state index contributed by atoms with van der Waals surface area (Å²) in [4.78, 5) is 5.56. The molecule has 2 rings (SSSR count). The first-order valence-electron chi connectivity index (χ1n) is 5.67. The maximum Gasteiger partial charge on any atom is 0.114 e. The second-order valence-corrected chi connectivity index (χ2v) is 4.72. The van der Waals surface area contributed by atoms with Gasteiger partial charge in [0.25, 0.3) is 0 Å². The first-order valence-corrected chi connectivity index (χ1v) is 6.49. The first kappa shape index (κ1) is 12.2. The van der Waals surface area contributed by atoms with Crippen molar-refractivity contribution in [1.29, 1.82) is 0 Å². The fraction of sp³-hybridized carbons (Fsp3) is 0.308. The van der Waals surface area contributed by atoms with Crippen LogP contribution in [0.5, 0.6) is 0 Å². The van der Waals surface area contributed by atoms with Crippen LogP contribution in [0.2, 0.25) is 0 Å². The molecule has 0 amide bonds. The van der Waals surface area contributed by atoms with Gasteiger partial charge in [-0.3, -0.25) is 0 Å².